The van der Waals surface area contributed by atoms with E-state index in [1.54, 1.807) is 36.4 Å². The molecule has 3 aliphatic heterocycles. The van der Waals surface area contributed by atoms with Crippen molar-refractivity contribution < 1.29 is 33.7 Å². The van der Waals surface area contributed by atoms with E-state index in [1.165, 1.54) is 4.90 Å². The van der Waals surface area contributed by atoms with Crippen LogP contribution in [0.4, 0.5) is 5.69 Å². The maximum absolute atomic E-state index is 13.1. The van der Waals surface area contributed by atoms with Gasteiger partial charge in [-0.25, -0.2) is 4.90 Å². The highest BCUT2D eigenvalue weighted by Crippen LogP contribution is 2.43. The number of carbonyl (C=O) groups excluding carboxylic acids is 3. The number of aliphatic hydroxyl groups excluding tert-OH is 1. The topological polar surface area (TPSA) is 106 Å². The molecule has 0 radical (unpaired) electrons. The van der Waals surface area contributed by atoms with Crippen molar-refractivity contribution in [3.05, 3.63) is 101 Å². The van der Waals surface area contributed by atoms with Gasteiger partial charge in [0.15, 0.2) is 6.29 Å². The van der Waals surface area contributed by atoms with E-state index in [9.17, 15) is 19.5 Å². The van der Waals surface area contributed by atoms with Crippen molar-refractivity contribution in [1.29, 1.82) is 0 Å². The quantitative estimate of drug-likeness (QED) is 0.273. The van der Waals surface area contributed by atoms with E-state index < -0.39 is 11.9 Å². The van der Waals surface area contributed by atoms with Gasteiger partial charge in [-0.05, 0) is 75.5 Å². The van der Waals surface area contributed by atoms with Crippen molar-refractivity contribution in [1.82, 2.24) is 4.90 Å². The Morgan fingerprint density at radius 1 is 0.911 bits per heavy atom. The van der Waals surface area contributed by atoms with Crippen LogP contribution in [0, 0.1) is 5.92 Å². The van der Waals surface area contributed by atoms with E-state index in [0.29, 0.717) is 23.4 Å². The zero-order valence-corrected chi connectivity index (χ0v) is 26.1. The molecule has 0 aromatic heterocycles. The van der Waals surface area contributed by atoms with Gasteiger partial charge in [-0.3, -0.25) is 19.3 Å². The van der Waals surface area contributed by atoms with Gasteiger partial charge in [0, 0.05) is 18.0 Å². The molecule has 45 heavy (non-hydrogen) atoms. The SMILES string of the molecule is C[C@@H]1[C@H](CN2CCC[C@H]2C(=O)OC(C)(C)C)O[C@H](c2ccc(N3C(=O)c4ccccc4C3=O)cc2)O[C@@H]1c1ccc(CO)cc1. The van der Waals surface area contributed by atoms with Crippen LogP contribution in [0.15, 0.2) is 72.8 Å². The summed E-state index contributed by atoms with van der Waals surface area (Å²) in [7, 11) is 0. The van der Waals surface area contributed by atoms with E-state index in [0.717, 1.165) is 36.1 Å². The molecule has 0 aliphatic carbocycles. The second-order valence-corrected chi connectivity index (χ2v) is 13.1. The average Bonchev–Trinajstić information content (AvgIpc) is 3.59. The number of hydrogen-bond donors (Lipinski definition) is 1. The molecule has 5 atom stereocenters. The molecule has 2 fully saturated rings. The van der Waals surface area contributed by atoms with Gasteiger partial charge >= 0.3 is 5.97 Å². The fourth-order valence-electron chi connectivity index (χ4n) is 6.44. The number of ether oxygens (including phenoxy) is 3. The number of rotatable bonds is 7. The van der Waals surface area contributed by atoms with Crippen molar-refractivity contribution in [2.75, 3.05) is 18.0 Å². The van der Waals surface area contributed by atoms with Crippen molar-refractivity contribution in [3.8, 4) is 0 Å². The molecule has 9 heteroatoms. The van der Waals surface area contributed by atoms with E-state index in [4.69, 9.17) is 14.2 Å². The smallest absolute Gasteiger partial charge is 0.323 e. The minimum Gasteiger partial charge on any atom is -0.459 e. The van der Waals surface area contributed by atoms with Crippen LogP contribution in [0.3, 0.4) is 0 Å². The van der Waals surface area contributed by atoms with Crippen molar-refractivity contribution in [2.45, 2.75) is 77.3 Å². The summed E-state index contributed by atoms with van der Waals surface area (Å²) in [5.41, 5.74) is 3.21. The molecular weight excluding hydrogens is 572 g/mol. The average molecular weight is 613 g/mol. The van der Waals surface area contributed by atoms with Gasteiger partial charge in [-0.2, -0.15) is 0 Å². The number of hydrogen-bond acceptors (Lipinski definition) is 8. The first-order valence-electron chi connectivity index (χ1n) is 15.6. The lowest BCUT2D eigenvalue weighted by molar-refractivity contribution is -0.276. The van der Waals surface area contributed by atoms with Crippen LogP contribution in [0.1, 0.15) is 90.3 Å². The third-order valence-corrected chi connectivity index (χ3v) is 8.80. The standard InChI is InChI=1S/C36H40N2O7/c1-22-30(20-37-19-7-10-29(37)34(42)45-36(2,3)4)43-35(44-31(22)24-13-11-23(21-39)12-14-24)25-15-17-26(18-16-25)38-32(40)27-8-5-6-9-28(27)33(38)41/h5-6,8-9,11-18,22,29-31,35,39H,7,10,19-21H2,1-4H3/t22-,29+,30+,31+,35+/m1/s1. The largest absolute Gasteiger partial charge is 0.459 e. The number of anilines is 1. The number of nitrogens with zero attached hydrogens (tertiary/aromatic N) is 2. The molecule has 236 valence electrons. The predicted molar refractivity (Wildman–Crippen MR) is 167 cm³/mol. The molecule has 3 heterocycles. The third kappa shape index (κ3) is 6.31. The summed E-state index contributed by atoms with van der Waals surface area (Å²) < 4.78 is 19.0. The summed E-state index contributed by atoms with van der Waals surface area (Å²) in [6.45, 7) is 8.99. The molecule has 9 nitrogen and oxygen atoms in total. The Balaban J connectivity index is 1.25. The Labute approximate surface area is 263 Å². The van der Waals surface area contributed by atoms with Gasteiger partial charge in [0.05, 0.1) is 35.6 Å². The van der Waals surface area contributed by atoms with Crippen LogP contribution in [-0.4, -0.2) is 58.6 Å². The molecule has 0 unspecified atom stereocenters. The molecule has 3 aliphatic rings. The third-order valence-electron chi connectivity index (χ3n) is 8.80. The highest BCUT2D eigenvalue weighted by atomic mass is 16.7. The van der Waals surface area contributed by atoms with Gasteiger partial charge in [0.1, 0.15) is 11.6 Å². The molecule has 0 bridgehead atoms. The highest BCUT2D eigenvalue weighted by molar-refractivity contribution is 6.34. The lowest BCUT2D eigenvalue weighted by Gasteiger charge is -2.43. The van der Waals surface area contributed by atoms with Crippen LogP contribution < -0.4 is 4.90 Å². The van der Waals surface area contributed by atoms with Crippen LogP contribution in [0.5, 0.6) is 0 Å². The summed E-state index contributed by atoms with van der Waals surface area (Å²) in [5, 5.41) is 9.57. The monoisotopic (exact) mass is 612 g/mol. The number of carbonyl (C=O) groups is 3. The molecule has 2 amide bonds. The number of amides is 2. The first kappa shape index (κ1) is 31.1. The number of imide groups is 1. The minimum absolute atomic E-state index is 0.0455. The normalized spacial score (nSPS) is 25.4. The molecule has 0 saturated carbocycles. The van der Waals surface area contributed by atoms with E-state index in [1.807, 2.05) is 57.2 Å². The molecule has 3 aromatic rings. The van der Waals surface area contributed by atoms with E-state index >= 15 is 0 Å². The maximum atomic E-state index is 13.1. The number of aliphatic hydroxyl groups is 1. The first-order valence-corrected chi connectivity index (χ1v) is 15.6. The number of benzene rings is 3. The van der Waals surface area contributed by atoms with Gasteiger partial charge < -0.3 is 19.3 Å². The van der Waals surface area contributed by atoms with Gasteiger partial charge in [0.25, 0.3) is 11.8 Å². The van der Waals surface area contributed by atoms with Gasteiger partial charge in [-0.15, -0.1) is 0 Å². The summed E-state index contributed by atoms with van der Waals surface area (Å²) >= 11 is 0. The second kappa shape index (κ2) is 12.5. The van der Waals surface area contributed by atoms with E-state index in [-0.39, 0.29) is 48.6 Å². The van der Waals surface area contributed by atoms with Crippen LogP contribution in [-0.2, 0) is 25.6 Å². The second-order valence-electron chi connectivity index (χ2n) is 13.1. The summed E-state index contributed by atoms with van der Waals surface area (Å²) in [5.74, 6) is -0.965. The minimum atomic E-state index is -0.729. The van der Waals surface area contributed by atoms with Crippen LogP contribution in [0.2, 0.25) is 0 Å². The maximum Gasteiger partial charge on any atom is 0.323 e. The number of fused-ring (bicyclic) bond motifs is 1. The van der Waals surface area contributed by atoms with E-state index in [2.05, 4.69) is 11.8 Å². The van der Waals surface area contributed by atoms with Crippen LogP contribution >= 0.6 is 0 Å². The molecule has 0 spiro atoms. The number of esters is 1. The highest BCUT2D eigenvalue weighted by Gasteiger charge is 2.43. The fraction of sp³-hybridized carbons (Fsp3) is 0.417. The zero-order valence-electron chi connectivity index (χ0n) is 26.1. The van der Waals surface area contributed by atoms with Crippen molar-refractivity contribution in [3.63, 3.8) is 0 Å². The Bertz CT molecular complexity index is 1530. The molecular formula is C36H40N2O7. The zero-order chi connectivity index (χ0) is 31.9. The Morgan fingerprint density at radius 2 is 1.53 bits per heavy atom. The first-order chi connectivity index (χ1) is 21.5. The molecule has 3 aromatic carbocycles. The predicted octanol–water partition coefficient (Wildman–Crippen LogP) is 5.58. The summed E-state index contributed by atoms with van der Waals surface area (Å²) in [6.07, 6.45) is 0.315. The molecule has 2 saturated heterocycles. The van der Waals surface area contributed by atoms with Crippen LogP contribution in [0.25, 0.3) is 0 Å². The van der Waals surface area contributed by atoms with Gasteiger partial charge in [0.2, 0.25) is 0 Å². The Hall–Kier alpha value is -3.89. The molecule has 6 rings (SSSR count). The van der Waals surface area contributed by atoms with Gasteiger partial charge in [-0.1, -0.05) is 55.5 Å². The summed E-state index contributed by atoms with van der Waals surface area (Å²) in [4.78, 5) is 42.5. The fourth-order valence-corrected chi connectivity index (χ4v) is 6.44. The Morgan fingerprint density at radius 3 is 2.13 bits per heavy atom. The molecule has 1 N–H and O–H groups in total. The lowest BCUT2D eigenvalue weighted by atomic mass is 9.90. The number of likely N-dealkylation sites (tertiary alicyclic amines) is 1. The van der Waals surface area contributed by atoms with Crippen molar-refractivity contribution >= 4 is 23.5 Å². The Kier molecular flexibility index (Phi) is 8.63. The lowest BCUT2D eigenvalue weighted by Crippen LogP contribution is -2.48. The summed E-state index contributed by atoms with van der Waals surface area (Å²) in [6, 6.07) is 21.3. The van der Waals surface area contributed by atoms with Crippen molar-refractivity contribution in [2.24, 2.45) is 5.92 Å².